The van der Waals surface area contributed by atoms with E-state index < -0.39 is 14.4 Å². The summed E-state index contributed by atoms with van der Waals surface area (Å²) in [6.07, 6.45) is 0. The molecular weight excluding hydrogens is 215 g/mol. The molecule has 0 radical (unpaired) electrons. The molecule has 1 rings (SSSR count). The third-order valence-electron chi connectivity index (χ3n) is 0.854. The van der Waals surface area contributed by atoms with Crippen molar-refractivity contribution in [2.45, 2.75) is 6.92 Å². The Kier molecular flexibility index (Phi) is 3.90. The number of hydrogen-bond donors (Lipinski definition) is 1. The van der Waals surface area contributed by atoms with Crippen LogP contribution >= 0.6 is 25.5 Å². The Morgan fingerprint density at radius 2 is 2.50 bits per heavy atom. The predicted octanol–water partition coefficient (Wildman–Crippen LogP) is 3.03. The number of hydrogen-bond acceptors (Lipinski definition) is 5. The molecule has 0 fully saturated rings. The Labute approximate surface area is 74.4 Å². The topological polar surface area (TPSA) is 63.0 Å². The van der Waals surface area contributed by atoms with E-state index in [0.29, 0.717) is 22.6 Å². The van der Waals surface area contributed by atoms with Crippen LogP contribution < -0.4 is 4.86 Å². The van der Waals surface area contributed by atoms with Crippen molar-refractivity contribution in [3.63, 3.8) is 0 Å². The molecule has 5 nitrogen and oxygen atoms in total. The molecule has 0 saturated carbocycles. The first-order valence-corrected chi connectivity index (χ1v) is 5.80. The first kappa shape index (κ1) is 9.88. The van der Waals surface area contributed by atoms with Gasteiger partial charge in [-0.3, -0.25) is 0 Å². The van der Waals surface area contributed by atoms with Crippen LogP contribution in [0, 0.1) is 0 Å². The largest absolute Gasteiger partial charge is 0.403 e. The summed E-state index contributed by atoms with van der Waals surface area (Å²) in [4.78, 5) is 13.8. The van der Waals surface area contributed by atoms with Crippen molar-refractivity contribution in [2.24, 2.45) is 9.03 Å². The molecule has 1 unspecified atom stereocenters. The first-order chi connectivity index (χ1) is 5.70. The summed E-state index contributed by atoms with van der Waals surface area (Å²) in [5.74, 6) is -0.412. The molecule has 0 amide bonds. The molecule has 0 aromatic rings. The number of carbonyl (C=O) groups is 1. The van der Waals surface area contributed by atoms with Crippen LogP contribution in [-0.4, -0.2) is 5.97 Å². The summed E-state index contributed by atoms with van der Waals surface area (Å²) in [5.41, 5.74) is 0.380. The molecule has 1 aliphatic rings. The van der Waals surface area contributed by atoms with Gasteiger partial charge in [0, 0.05) is 5.57 Å². The van der Waals surface area contributed by atoms with Crippen LogP contribution in [0.1, 0.15) is 6.92 Å². The zero-order valence-electron chi connectivity index (χ0n) is 6.26. The van der Waals surface area contributed by atoms with Crippen LogP contribution in [-0.2, 0) is 9.32 Å². The smallest absolute Gasteiger partial charge is 0.338 e. The highest BCUT2D eigenvalue weighted by molar-refractivity contribution is 7.64. The average molecular weight is 221 g/mol. The van der Waals surface area contributed by atoms with E-state index >= 15 is 0 Å². The molecule has 1 atom stereocenters. The summed E-state index contributed by atoms with van der Waals surface area (Å²) in [5, 5.41) is 0. The highest BCUT2D eigenvalue weighted by Crippen LogP contribution is 2.44. The number of nitrogens with one attached hydrogen (secondary N) is 1. The van der Waals surface area contributed by atoms with Crippen molar-refractivity contribution in [3.05, 3.63) is 12.2 Å². The summed E-state index contributed by atoms with van der Waals surface area (Å²) in [7, 11) is 0.122. The molecule has 0 saturated heterocycles. The molecule has 64 valence electrons. The Balaban J connectivity index is 2.42. The molecule has 0 aliphatic carbocycles. The average Bonchev–Trinajstić information content (AvgIpc) is 2.06. The standard InChI is InChI=1S/C4H6N3O2P3/c1-3(2)4(8)9-12-6-10-5-11-7-12/h1H2,2H3,(H,5,6,7). The van der Waals surface area contributed by atoms with Crippen LogP contribution in [0.5, 0.6) is 0 Å². The molecule has 0 spiro atoms. The Morgan fingerprint density at radius 1 is 1.75 bits per heavy atom. The lowest BCUT2D eigenvalue weighted by Gasteiger charge is -2.10. The second kappa shape index (κ2) is 4.74. The van der Waals surface area contributed by atoms with Crippen molar-refractivity contribution in [3.8, 4) is 0 Å². The van der Waals surface area contributed by atoms with Crippen molar-refractivity contribution < 1.29 is 9.32 Å². The van der Waals surface area contributed by atoms with Crippen molar-refractivity contribution in [1.82, 2.24) is 4.86 Å². The summed E-state index contributed by atoms with van der Waals surface area (Å²) < 4.78 is 12.7. The molecule has 1 aliphatic heterocycles. The maximum absolute atomic E-state index is 11.0. The van der Waals surface area contributed by atoms with Gasteiger partial charge in [-0.2, -0.15) is 13.9 Å². The molecule has 1 N–H and O–H groups in total. The SMILES string of the molecule is C=C(C)C(=O)OP1N=PN=PN1. The molecule has 12 heavy (non-hydrogen) atoms. The lowest BCUT2D eigenvalue weighted by Crippen LogP contribution is -2.04. The summed E-state index contributed by atoms with van der Waals surface area (Å²) in [6, 6.07) is 0. The van der Waals surface area contributed by atoms with Gasteiger partial charge in [-0.25, -0.2) is 4.79 Å². The second-order valence-corrected chi connectivity index (χ2v) is 5.24. The number of rotatable bonds is 2. The van der Waals surface area contributed by atoms with E-state index in [0.717, 1.165) is 0 Å². The van der Waals surface area contributed by atoms with Gasteiger partial charge in [-0.15, -0.1) is 0 Å². The van der Waals surface area contributed by atoms with E-state index in [2.05, 4.69) is 20.5 Å². The van der Waals surface area contributed by atoms with Gasteiger partial charge in [0.1, 0.15) is 8.52 Å². The third kappa shape index (κ3) is 3.04. The van der Waals surface area contributed by atoms with Gasteiger partial charge in [-0.05, 0) is 6.92 Å². The van der Waals surface area contributed by atoms with Crippen LogP contribution in [0.4, 0.5) is 0 Å². The summed E-state index contributed by atoms with van der Waals surface area (Å²) >= 11 is 0. The van der Waals surface area contributed by atoms with Gasteiger partial charge in [-0.1, -0.05) is 6.58 Å². The molecule has 1 heterocycles. The normalized spacial score (nSPS) is 23.2. The van der Waals surface area contributed by atoms with Crippen LogP contribution in [0.25, 0.3) is 0 Å². The minimum absolute atomic E-state index is 0.380. The zero-order chi connectivity index (χ0) is 8.97. The highest BCUT2D eigenvalue weighted by Gasteiger charge is 2.15. The van der Waals surface area contributed by atoms with Crippen molar-refractivity contribution in [2.75, 3.05) is 0 Å². The quantitative estimate of drug-likeness (QED) is 0.575. The van der Waals surface area contributed by atoms with E-state index in [4.69, 9.17) is 4.52 Å². The summed E-state index contributed by atoms with van der Waals surface area (Å²) in [6.45, 7) is 5.06. The maximum atomic E-state index is 11.0. The Bertz CT molecular complexity index is 264. The highest BCUT2D eigenvalue weighted by atomic mass is 31.2. The van der Waals surface area contributed by atoms with E-state index in [1.807, 2.05) is 0 Å². The van der Waals surface area contributed by atoms with E-state index in [1.54, 1.807) is 6.92 Å². The number of carbonyl (C=O) groups excluding carboxylic acids is 1. The fourth-order valence-electron chi connectivity index (χ4n) is 0.348. The van der Waals surface area contributed by atoms with Crippen LogP contribution in [0.15, 0.2) is 21.2 Å². The predicted molar refractivity (Wildman–Crippen MR) is 49.7 cm³/mol. The van der Waals surface area contributed by atoms with Gasteiger partial charge in [0.05, 0.1) is 0 Å². The minimum Gasteiger partial charge on any atom is -0.403 e. The monoisotopic (exact) mass is 221 g/mol. The second-order valence-electron chi connectivity index (χ2n) is 1.90. The van der Waals surface area contributed by atoms with Crippen LogP contribution in [0.2, 0.25) is 0 Å². The molecule has 0 aromatic heterocycles. The van der Waals surface area contributed by atoms with E-state index in [-0.39, 0.29) is 0 Å². The van der Waals surface area contributed by atoms with E-state index in [1.165, 1.54) is 0 Å². The van der Waals surface area contributed by atoms with Gasteiger partial charge < -0.3 is 4.52 Å². The molecule has 8 heteroatoms. The van der Waals surface area contributed by atoms with Gasteiger partial charge >= 0.3 is 14.4 Å². The Hall–Kier alpha value is -0.200. The van der Waals surface area contributed by atoms with Gasteiger partial charge in [0.15, 0.2) is 8.52 Å². The fourth-order valence-corrected chi connectivity index (χ4v) is 3.23. The fraction of sp³-hybridized carbons (Fsp3) is 0.250. The lowest BCUT2D eigenvalue weighted by molar-refractivity contribution is -0.129. The van der Waals surface area contributed by atoms with E-state index in [9.17, 15) is 4.79 Å². The minimum atomic E-state index is -1.20. The van der Waals surface area contributed by atoms with Crippen LogP contribution in [0.3, 0.4) is 0 Å². The zero-order valence-corrected chi connectivity index (χ0v) is 8.94. The molecular formula is C4H6N3O2P3. The third-order valence-corrected chi connectivity index (χ3v) is 3.88. The number of nitrogens with zero attached hydrogens (tertiary/aromatic N) is 2. The van der Waals surface area contributed by atoms with Gasteiger partial charge in [0.25, 0.3) is 0 Å². The lowest BCUT2D eigenvalue weighted by atomic mass is 10.4. The van der Waals surface area contributed by atoms with Crippen molar-refractivity contribution in [1.29, 1.82) is 0 Å². The molecule has 0 bridgehead atoms. The maximum Gasteiger partial charge on any atom is 0.338 e. The Morgan fingerprint density at radius 3 is 3.00 bits per heavy atom. The molecule has 0 aromatic carbocycles. The van der Waals surface area contributed by atoms with Gasteiger partial charge in [0.2, 0.25) is 0 Å². The van der Waals surface area contributed by atoms with Crippen molar-refractivity contribution >= 4 is 31.5 Å². The first-order valence-electron chi connectivity index (χ1n) is 2.94.